The Kier molecular flexibility index (Phi) is 41.8. The highest BCUT2D eigenvalue weighted by molar-refractivity contribution is 5.76. The van der Waals surface area contributed by atoms with Crippen LogP contribution in [0.15, 0.2) is 36.5 Å². The van der Waals surface area contributed by atoms with Crippen molar-refractivity contribution < 1.29 is 15.0 Å². The Morgan fingerprint density at radius 1 is 0.451 bits per heavy atom. The number of allylic oxidation sites excluding steroid dienone is 5. The molecule has 0 aliphatic rings. The van der Waals surface area contributed by atoms with E-state index < -0.39 is 12.1 Å². The van der Waals surface area contributed by atoms with E-state index in [1.807, 2.05) is 6.08 Å². The fourth-order valence-corrected chi connectivity index (χ4v) is 6.86. The smallest absolute Gasteiger partial charge is 0.220 e. The van der Waals surface area contributed by atoms with Gasteiger partial charge in [0.1, 0.15) is 0 Å². The molecule has 0 rings (SSSR count). The van der Waals surface area contributed by atoms with Crippen LogP contribution in [0, 0.1) is 0 Å². The number of rotatable bonds is 41. The molecule has 4 nitrogen and oxygen atoms in total. The second-order valence-electron chi connectivity index (χ2n) is 15.5. The van der Waals surface area contributed by atoms with Crippen LogP contribution in [-0.2, 0) is 4.79 Å². The summed E-state index contributed by atoms with van der Waals surface area (Å²) in [6, 6.07) is -0.642. The van der Waals surface area contributed by atoms with Crippen LogP contribution in [0.5, 0.6) is 0 Å². The maximum Gasteiger partial charge on any atom is 0.220 e. The van der Waals surface area contributed by atoms with Crippen LogP contribution in [0.3, 0.4) is 0 Å². The van der Waals surface area contributed by atoms with Crippen molar-refractivity contribution in [3.8, 4) is 0 Å². The van der Waals surface area contributed by atoms with Gasteiger partial charge in [-0.3, -0.25) is 4.79 Å². The fourth-order valence-electron chi connectivity index (χ4n) is 6.86. The average Bonchev–Trinajstić information content (AvgIpc) is 3.13. The first-order valence-corrected chi connectivity index (χ1v) is 22.7. The molecule has 0 heterocycles. The lowest BCUT2D eigenvalue weighted by Crippen LogP contribution is -2.45. The normalized spacial score (nSPS) is 13.3. The van der Waals surface area contributed by atoms with Crippen molar-refractivity contribution in [3.05, 3.63) is 36.5 Å². The predicted octanol–water partition coefficient (Wildman–Crippen LogP) is 14.2. The topological polar surface area (TPSA) is 69.6 Å². The maximum absolute atomic E-state index is 12.4. The second-order valence-corrected chi connectivity index (χ2v) is 15.5. The third-order valence-corrected chi connectivity index (χ3v) is 10.4. The van der Waals surface area contributed by atoms with Gasteiger partial charge < -0.3 is 15.5 Å². The van der Waals surface area contributed by atoms with Crippen LogP contribution in [0.1, 0.15) is 239 Å². The van der Waals surface area contributed by atoms with E-state index in [1.165, 1.54) is 180 Å². The number of carbonyl (C=O) groups is 1. The number of aliphatic hydroxyl groups is 2. The Morgan fingerprint density at radius 3 is 1.14 bits per heavy atom. The van der Waals surface area contributed by atoms with E-state index in [-0.39, 0.29) is 12.5 Å². The number of amides is 1. The SMILES string of the molecule is CCCCCCCCCCCCCCC/C=C/CC/C=C/CC/C=C/C(O)C(CO)NC(=O)CCCCCCCCCCCCCCCCCC. The highest BCUT2D eigenvalue weighted by Crippen LogP contribution is 2.15. The molecule has 2 unspecified atom stereocenters. The Labute approximate surface area is 319 Å². The monoisotopic (exact) mass is 716 g/mol. The highest BCUT2D eigenvalue weighted by atomic mass is 16.3. The van der Waals surface area contributed by atoms with E-state index in [9.17, 15) is 15.0 Å². The highest BCUT2D eigenvalue weighted by Gasteiger charge is 2.17. The molecule has 51 heavy (non-hydrogen) atoms. The van der Waals surface area contributed by atoms with E-state index in [4.69, 9.17) is 0 Å². The van der Waals surface area contributed by atoms with Crippen LogP contribution in [-0.4, -0.2) is 34.9 Å². The van der Waals surface area contributed by atoms with Crippen molar-refractivity contribution in [1.29, 1.82) is 0 Å². The molecule has 0 saturated carbocycles. The number of hydrogen-bond acceptors (Lipinski definition) is 3. The number of hydrogen-bond donors (Lipinski definition) is 3. The maximum atomic E-state index is 12.4. The summed E-state index contributed by atoms with van der Waals surface area (Å²) >= 11 is 0. The van der Waals surface area contributed by atoms with E-state index in [0.29, 0.717) is 6.42 Å². The van der Waals surface area contributed by atoms with Gasteiger partial charge in [-0.15, -0.1) is 0 Å². The predicted molar refractivity (Wildman–Crippen MR) is 225 cm³/mol. The summed E-state index contributed by atoms with van der Waals surface area (Å²) in [5.41, 5.74) is 0. The molecule has 0 saturated heterocycles. The molecule has 0 aliphatic carbocycles. The van der Waals surface area contributed by atoms with Gasteiger partial charge in [0.25, 0.3) is 0 Å². The van der Waals surface area contributed by atoms with Gasteiger partial charge in [-0.25, -0.2) is 0 Å². The summed E-state index contributed by atoms with van der Waals surface area (Å²) in [6.07, 6.45) is 56.9. The summed E-state index contributed by atoms with van der Waals surface area (Å²) in [4.78, 5) is 12.4. The van der Waals surface area contributed by atoms with E-state index in [2.05, 4.69) is 43.5 Å². The van der Waals surface area contributed by atoms with Gasteiger partial charge in [0.15, 0.2) is 0 Å². The van der Waals surface area contributed by atoms with Crippen LogP contribution >= 0.6 is 0 Å². The van der Waals surface area contributed by atoms with Crippen molar-refractivity contribution in [2.75, 3.05) is 6.61 Å². The van der Waals surface area contributed by atoms with Gasteiger partial charge in [-0.05, 0) is 44.9 Å². The number of unbranched alkanes of at least 4 members (excludes halogenated alkanes) is 30. The minimum atomic E-state index is -0.867. The van der Waals surface area contributed by atoms with Crippen molar-refractivity contribution in [2.24, 2.45) is 0 Å². The van der Waals surface area contributed by atoms with Crippen molar-refractivity contribution in [1.82, 2.24) is 5.32 Å². The number of aliphatic hydroxyl groups excluding tert-OH is 2. The molecule has 300 valence electrons. The quantitative estimate of drug-likeness (QED) is 0.0436. The van der Waals surface area contributed by atoms with Gasteiger partial charge in [0.2, 0.25) is 5.91 Å². The van der Waals surface area contributed by atoms with Crippen molar-refractivity contribution >= 4 is 5.91 Å². The summed E-state index contributed by atoms with van der Waals surface area (Å²) in [6.45, 7) is 4.31. The first kappa shape index (κ1) is 49.6. The summed E-state index contributed by atoms with van der Waals surface area (Å²) in [5.74, 6) is -0.0757. The molecule has 0 aliphatic heterocycles. The van der Waals surface area contributed by atoms with Crippen molar-refractivity contribution in [2.45, 2.75) is 251 Å². The Balaban J connectivity index is 3.61. The molecule has 0 aromatic heterocycles. The van der Waals surface area contributed by atoms with Crippen molar-refractivity contribution in [3.63, 3.8) is 0 Å². The zero-order chi connectivity index (χ0) is 37.1. The van der Waals surface area contributed by atoms with Crippen LogP contribution in [0.2, 0.25) is 0 Å². The lowest BCUT2D eigenvalue weighted by atomic mass is 10.0. The van der Waals surface area contributed by atoms with E-state index >= 15 is 0 Å². The first-order valence-electron chi connectivity index (χ1n) is 22.7. The molecular formula is C47H89NO3. The Morgan fingerprint density at radius 2 is 0.765 bits per heavy atom. The molecule has 1 amide bonds. The average molecular weight is 716 g/mol. The van der Waals surface area contributed by atoms with Crippen LogP contribution in [0.25, 0.3) is 0 Å². The molecule has 3 N–H and O–H groups in total. The molecule has 0 fully saturated rings. The number of carbonyl (C=O) groups excluding carboxylic acids is 1. The molecule has 0 radical (unpaired) electrons. The largest absolute Gasteiger partial charge is 0.394 e. The Bertz CT molecular complexity index is 775. The van der Waals surface area contributed by atoms with Gasteiger partial charge >= 0.3 is 0 Å². The standard InChI is InChI=1S/C47H89NO3/c1-3-5-7-9-11-13-15-17-19-21-22-23-24-25-26-27-28-30-32-34-36-38-40-42-46(50)45(44-49)48-47(51)43-41-39-37-35-33-31-29-20-18-16-14-12-10-8-6-4-2/h26-27,32,34,40,42,45-46,49-50H,3-25,28-31,33,35-39,41,43-44H2,1-2H3,(H,48,51)/b27-26+,34-32+,42-40+. The first-order chi connectivity index (χ1) is 25.2. The molecular weight excluding hydrogens is 627 g/mol. The minimum absolute atomic E-state index is 0.0757. The zero-order valence-corrected chi connectivity index (χ0v) is 34.4. The third kappa shape index (κ3) is 39.6. The molecule has 0 spiro atoms. The van der Waals surface area contributed by atoms with Gasteiger partial charge in [0.05, 0.1) is 18.8 Å². The van der Waals surface area contributed by atoms with Crippen LogP contribution in [0.4, 0.5) is 0 Å². The third-order valence-electron chi connectivity index (χ3n) is 10.4. The van der Waals surface area contributed by atoms with E-state index in [0.717, 1.165) is 38.5 Å². The molecule has 2 atom stereocenters. The van der Waals surface area contributed by atoms with Gasteiger partial charge in [0, 0.05) is 6.42 Å². The van der Waals surface area contributed by atoms with Crippen LogP contribution < -0.4 is 5.32 Å². The fraction of sp³-hybridized carbons (Fsp3) is 0.851. The van der Waals surface area contributed by atoms with Gasteiger partial charge in [-0.1, -0.05) is 224 Å². The minimum Gasteiger partial charge on any atom is -0.394 e. The summed E-state index contributed by atoms with van der Waals surface area (Å²) in [7, 11) is 0. The molecule has 0 aromatic carbocycles. The summed E-state index contributed by atoms with van der Waals surface area (Å²) in [5, 5.41) is 23.0. The van der Waals surface area contributed by atoms with E-state index in [1.54, 1.807) is 6.08 Å². The number of nitrogens with one attached hydrogen (secondary N) is 1. The molecule has 0 bridgehead atoms. The molecule has 0 aromatic rings. The summed E-state index contributed by atoms with van der Waals surface area (Å²) < 4.78 is 0. The van der Waals surface area contributed by atoms with Gasteiger partial charge in [-0.2, -0.15) is 0 Å². The lowest BCUT2D eigenvalue weighted by molar-refractivity contribution is -0.123. The molecule has 4 heteroatoms. The Hall–Kier alpha value is -1.39. The lowest BCUT2D eigenvalue weighted by Gasteiger charge is -2.19. The zero-order valence-electron chi connectivity index (χ0n) is 34.4. The second kappa shape index (κ2) is 43.0.